The molecule has 0 spiro atoms. The zero-order valence-electron chi connectivity index (χ0n) is 11.7. The molecule has 0 N–H and O–H groups in total. The average Bonchev–Trinajstić information content (AvgIpc) is 2.94. The Labute approximate surface area is 121 Å². The number of carbonyl (C=O) groups excluding carboxylic acids is 1. The second-order valence-corrected chi connectivity index (χ2v) is 4.76. The van der Waals surface area contributed by atoms with Crippen molar-refractivity contribution in [3.63, 3.8) is 0 Å². The van der Waals surface area contributed by atoms with Crippen molar-refractivity contribution in [2.75, 3.05) is 0 Å². The Bertz CT molecular complexity index is 780. The molecule has 106 valence electrons. The number of benzene rings is 1. The van der Waals surface area contributed by atoms with Crippen LogP contribution in [-0.4, -0.2) is 30.5 Å². The highest BCUT2D eigenvalue weighted by atomic mass is 16.1. The third-order valence-corrected chi connectivity index (χ3v) is 3.24. The van der Waals surface area contributed by atoms with Crippen LogP contribution in [0.15, 0.2) is 36.9 Å². The monoisotopic (exact) mass is 281 g/mol. The Morgan fingerprint density at radius 1 is 1.14 bits per heavy atom. The Balaban J connectivity index is 1.84. The van der Waals surface area contributed by atoms with Crippen LogP contribution in [0.25, 0.3) is 11.0 Å². The lowest BCUT2D eigenvalue weighted by molar-refractivity contribution is 0.0989. The number of hydrogen-bond acceptors (Lipinski definition) is 5. The van der Waals surface area contributed by atoms with Gasteiger partial charge in [0.1, 0.15) is 12.2 Å². The zero-order chi connectivity index (χ0) is 14.7. The number of aryl methyl sites for hydroxylation is 1. The van der Waals surface area contributed by atoms with Crippen LogP contribution in [-0.2, 0) is 13.0 Å². The summed E-state index contributed by atoms with van der Waals surface area (Å²) in [6.45, 7) is 2.83. The number of fused-ring (bicyclic) bond motifs is 1. The maximum atomic E-state index is 12.4. The van der Waals surface area contributed by atoms with E-state index in [4.69, 9.17) is 0 Å². The van der Waals surface area contributed by atoms with Crippen LogP contribution in [0.5, 0.6) is 0 Å². The molecule has 1 aromatic carbocycles. The van der Waals surface area contributed by atoms with Crippen molar-refractivity contribution in [3.05, 3.63) is 48.3 Å². The normalized spacial score (nSPS) is 10.9. The SMILES string of the molecule is CCCn1ncnc1CC(=O)c1ccc2nccnc2c1. The first-order chi connectivity index (χ1) is 10.3. The minimum atomic E-state index is 0.00732. The van der Waals surface area contributed by atoms with Gasteiger partial charge in [0, 0.05) is 24.5 Å². The third-order valence-electron chi connectivity index (χ3n) is 3.24. The summed E-state index contributed by atoms with van der Waals surface area (Å²) >= 11 is 0. The molecule has 0 saturated heterocycles. The predicted octanol–water partition coefficient (Wildman–Crippen LogP) is 2.06. The molecule has 0 aliphatic rings. The van der Waals surface area contributed by atoms with Crippen LogP contribution in [0.2, 0.25) is 0 Å². The lowest BCUT2D eigenvalue weighted by atomic mass is 10.1. The van der Waals surface area contributed by atoms with E-state index in [1.807, 2.05) is 6.07 Å². The zero-order valence-corrected chi connectivity index (χ0v) is 11.7. The smallest absolute Gasteiger partial charge is 0.170 e. The first kappa shape index (κ1) is 13.4. The fraction of sp³-hybridized carbons (Fsp3) is 0.267. The van der Waals surface area contributed by atoms with E-state index in [9.17, 15) is 4.79 Å². The van der Waals surface area contributed by atoms with Crippen molar-refractivity contribution in [3.8, 4) is 0 Å². The molecular weight excluding hydrogens is 266 g/mol. The molecule has 6 nitrogen and oxygen atoms in total. The quantitative estimate of drug-likeness (QED) is 0.669. The number of nitrogens with zero attached hydrogens (tertiary/aromatic N) is 5. The van der Waals surface area contributed by atoms with Crippen LogP contribution in [0.4, 0.5) is 0 Å². The molecule has 6 heteroatoms. The van der Waals surface area contributed by atoms with Crippen molar-refractivity contribution < 1.29 is 4.79 Å². The Morgan fingerprint density at radius 2 is 1.95 bits per heavy atom. The van der Waals surface area contributed by atoms with Crippen molar-refractivity contribution in [2.45, 2.75) is 26.3 Å². The van der Waals surface area contributed by atoms with E-state index in [1.54, 1.807) is 29.2 Å². The van der Waals surface area contributed by atoms with Gasteiger partial charge in [0.15, 0.2) is 5.78 Å². The van der Waals surface area contributed by atoms with E-state index >= 15 is 0 Å². The highest BCUT2D eigenvalue weighted by Gasteiger charge is 2.12. The fourth-order valence-electron chi connectivity index (χ4n) is 2.21. The molecule has 0 radical (unpaired) electrons. The molecule has 2 aromatic heterocycles. The highest BCUT2D eigenvalue weighted by molar-refractivity contribution is 5.99. The minimum absolute atomic E-state index is 0.00732. The van der Waals surface area contributed by atoms with Gasteiger partial charge in [0.05, 0.1) is 17.5 Å². The summed E-state index contributed by atoms with van der Waals surface area (Å²) in [5, 5.41) is 4.13. The summed E-state index contributed by atoms with van der Waals surface area (Å²) in [5.41, 5.74) is 2.12. The van der Waals surface area contributed by atoms with Gasteiger partial charge in [-0.15, -0.1) is 0 Å². The molecule has 0 unspecified atom stereocenters. The number of ketones is 1. The molecule has 0 bridgehead atoms. The molecule has 0 aliphatic heterocycles. The van der Waals surface area contributed by atoms with Crippen LogP contribution >= 0.6 is 0 Å². The van der Waals surface area contributed by atoms with Gasteiger partial charge in [0.25, 0.3) is 0 Å². The van der Waals surface area contributed by atoms with Gasteiger partial charge >= 0.3 is 0 Å². The maximum Gasteiger partial charge on any atom is 0.170 e. The Hall–Kier alpha value is -2.63. The van der Waals surface area contributed by atoms with Gasteiger partial charge in [-0.1, -0.05) is 6.92 Å². The standard InChI is InChI=1S/C15H15N5O/c1-2-7-20-15(18-10-19-20)9-14(21)11-3-4-12-13(8-11)17-6-5-16-12/h3-6,8,10H,2,7,9H2,1H3. The fourth-order valence-corrected chi connectivity index (χ4v) is 2.21. The topological polar surface area (TPSA) is 73.6 Å². The van der Waals surface area contributed by atoms with Gasteiger partial charge in [-0.2, -0.15) is 5.10 Å². The highest BCUT2D eigenvalue weighted by Crippen LogP contribution is 2.13. The molecular formula is C15H15N5O. The maximum absolute atomic E-state index is 12.4. The van der Waals surface area contributed by atoms with E-state index in [0.29, 0.717) is 11.4 Å². The molecule has 0 atom stereocenters. The second kappa shape index (κ2) is 5.78. The first-order valence-electron chi connectivity index (χ1n) is 6.88. The molecule has 0 saturated carbocycles. The average molecular weight is 281 g/mol. The Kier molecular flexibility index (Phi) is 3.68. The second-order valence-electron chi connectivity index (χ2n) is 4.76. The summed E-state index contributed by atoms with van der Waals surface area (Å²) in [6, 6.07) is 5.36. The van der Waals surface area contributed by atoms with Crippen molar-refractivity contribution in [2.24, 2.45) is 0 Å². The summed E-state index contributed by atoms with van der Waals surface area (Å²) in [5.74, 6) is 0.703. The largest absolute Gasteiger partial charge is 0.294 e. The molecule has 21 heavy (non-hydrogen) atoms. The molecule has 0 aliphatic carbocycles. The molecule has 3 rings (SSSR count). The lowest BCUT2D eigenvalue weighted by Crippen LogP contribution is -2.11. The van der Waals surface area contributed by atoms with Crippen LogP contribution in [0, 0.1) is 0 Å². The third kappa shape index (κ3) is 2.79. The van der Waals surface area contributed by atoms with E-state index < -0.39 is 0 Å². The molecule has 3 aromatic rings. The number of rotatable bonds is 5. The van der Waals surface area contributed by atoms with Gasteiger partial charge < -0.3 is 0 Å². The van der Waals surface area contributed by atoms with Gasteiger partial charge in [-0.3, -0.25) is 14.8 Å². The van der Waals surface area contributed by atoms with Crippen LogP contribution in [0.3, 0.4) is 0 Å². The van der Waals surface area contributed by atoms with Gasteiger partial charge in [-0.25, -0.2) is 9.67 Å². The van der Waals surface area contributed by atoms with Crippen molar-refractivity contribution >= 4 is 16.8 Å². The van der Waals surface area contributed by atoms with Crippen molar-refractivity contribution in [1.82, 2.24) is 24.7 Å². The van der Waals surface area contributed by atoms with E-state index in [2.05, 4.69) is 27.0 Å². The van der Waals surface area contributed by atoms with E-state index in [1.165, 1.54) is 6.33 Å². The number of carbonyl (C=O) groups is 1. The lowest BCUT2D eigenvalue weighted by Gasteiger charge is -2.04. The summed E-state index contributed by atoms with van der Waals surface area (Å²) in [6.07, 6.45) is 5.94. The Morgan fingerprint density at radius 3 is 2.76 bits per heavy atom. The van der Waals surface area contributed by atoms with E-state index in [-0.39, 0.29) is 12.2 Å². The minimum Gasteiger partial charge on any atom is -0.294 e. The number of hydrogen-bond donors (Lipinski definition) is 0. The van der Waals surface area contributed by atoms with Crippen molar-refractivity contribution in [1.29, 1.82) is 0 Å². The van der Waals surface area contributed by atoms with Crippen LogP contribution < -0.4 is 0 Å². The summed E-state index contributed by atoms with van der Waals surface area (Å²) in [7, 11) is 0. The van der Waals surface area contributed by atoms with E-state index in [0.717, 1.165) is 24.0 Å². The van der Waals surface area contributed by atoms with Crippen LogP contribution in [0.1, 0.15) is 29.5 Å². The summed E-state index contributed by atoms with van der Waals surface area (Å²) in [4.78, 5) is 25.0. The van der Waals surface area contributed by atoms with Gasteiger partial charge in [0.2, 0.25) is 0 Å². The first-order valence-corrected chi connectivity index (χ1v) is 6.88. The summed E-state index contributed by atoms with van der Waals surface area (Å²) < 4.78 is 1.78. The number of aromatic nitrogens is 5. The molecule has 0 fully saturated rings. The molecule has 0 amide bonds. The number of Topliss-reactive ketones (excluding diaryl/α,β-unsaturated/α-hetero) is 1. The predicted molar refractivity (Wildman–Crippen MR) is 77.9 cm³/mol. The molecule has 2 heterocycles. The van der Waals surface area contributed by atoms with Gasteiger partial charge in [-0.05, 0) is 24.6 Å².